The Kier molecular flexibility index (Phi) is 7.29. The Morgan fingerprint density at radius 1 is 0.714 bits per heavy atom. The fourth-order valence-corrected chi connectivity index (χ4v) is 9.39. The minimum Gasteiger partial charge on any atom is -0.376 e. The largest absolute Gasteiger partial charge is 0.423 e. The van der Waals surface area contributed by atoms with Crippen LogP contribution in [-0.4, -0.2) is 15.8 Å². The van der Waals surface area contributed by atoms with E-state index in [9.17, 15) is 18.3 Å². The van der Waals surface area contributed by atoms with Gasteiger partial charge in [-0.1, -0.05) is 136 Å². The number of aliphatic hydroxyl groups is 1. The molecule has 0 aromatic carbocycles. The minimum atomic E-state index is -4.67. The first-order valence-corrected chi connectivity index (χ1v) is 9.15. The van der Waals surface area contributed by atoms with E-state index in [2.05, 4.69) is 0 Å². The van der Waals surface area contributed by atoms with Crippen molar-refractivity contribution in [2.45, 2.75) is 10.6 Å². The van der Waals surface area contributed by atoms with Crippen LogP contribution in [0.5, 0.6) is 0 Å². The van der Waals surface area contributed by atoms with Gasteiger partial charge in [-0.25, -0.2) is 0 Å². The van der Waals surface area contributed by atoms with Gasteiger partial charge in [0.25, 0.3) is 0 Å². The van der Waals surface area contributed by atoms with Crippen LogP contribution in [0.2, 0.25) is 0 Å². The smallest absolute Gasteiger partial charge is 0.376 e. The lowest BCUT2D eigenvalue weighted by Gasteiger charge is -2.42. The van der Waals surface area contributed by atoms with Crippen LogP contribution in [0.4, 0.5) is 13.2 Å². The molecule has 0 fully saturated rings. The van der Waals surface area contributed by atoms with Crippen molar-refractivity contribution in [1.29, 1.82) is 0 Å². The molecule has 10 heteroatoms. The first-order chi connectivity index (χ1) is 5.75. The van der Waals surface area contributed by atoms with Crippen molar-refractivity contribution in [2.24, 2.45) is 0 Å². The van der Waals surface area contributed by atoms with Crippen molar-refractivity contribution in [1.82, 2.24) is 0 Å². The van der Waals surface area contributed by atoms with Gasteiger partial charge < -0.3 is 5.11 Å². The van der Waals surface area contributed by atoms with Crippen molar-refractivity contribution in [2.75, 3.05) is 0 Å². The van der Waals surface area contributed by atoms with Gasteiger partial charge in [0.15, 0.2) is -1.13 Å². The summed E-state index contributed by atoms with van der Waals surface area (Å²) in [7, 11) is 0. The maximum absolute atomic E-state index is 12.8. The highest BCUT2D eigenvalue weighted by Crippen LogP contribution is 2.63. The third kappa shape index (κ3) is 3.81. The third-order valence-electron chi connectivity index (χ3n) is 1.23. The van der Waals surface area contributed by atoms with Crippen molar-refractivity contribution >= 4 is 136 Å². The van der Waals surface area contributed by atoms with Crippen LogP contribution < -0.4 is 0 Å². The lowest BCUT2D eigenvalue weighted by molar-refractivity contribution is -0.244. The third-order valence-corrected chi connectivity index (χ3v) is 5.91. The summed E-state index contributed by atoms with van der Waals surface area (Å²) in [6.45, 7) is 0. The molecule has 0 spiro atoms. The van der Waals surface area contributed by atoms with E-state index < -0.39 is 10.6 Å². The van der Waals surface area contributed by atoms with E-state index in [-0.39, 0.29) is 0 Å². The highest BCUT2D eigenvalue weighted by Gasteiger charge is 2.72. The quantitative estimate of drug-likeness (QED) is 0.299. The molecule has 0 atom stereocenters. The fraction of sp³-hybridized carbons (Fsp3) is 1.00. The van der Waals surface area contributed by atoms with E-state index in [1.165, 1.54) is 0 Å². The van der Waals surface area contributed by atoms with Crippen LogP contribution in [-0.2, 0) is 0 Å². The predicted octanol–water partition coefficient (Wildman–Crippen LogP) is 5.20. The molecule has 0 radical (unpaired) electrons. The fourth-order valence-electron chi connectivity index (χ4n) is 0.482. The van der Waals surface area contributed by atoms with Gasteiger partial charge in [0.1, 0.15) is 0 Å². The molecule has 0 aliphatic heterocycles. The van der Waals surface area contributed by atoms with Crippen molar-refractivity contribution in [3.05, 3.63) is 0 Å². The number of hydrogen-bond donors (Lipinski definition) is 1. The van der Waals surface area contributed by atoms with E-state index in [1.807, 2.05) is 0 Å². The number of halogens is 9. The molecule has 0 aromatic rings. The van der Waals surface area contributed by atoms with Gasteiger partial charge in [0.2, 0.25) is 5.60 Å². The predicted molar refractivity (Wildman–Crippen MR) is 101 cm³/mol. The molecule has 1 nitrogen and oxygen atoms in total. The molecule has 0 amide bonds. The van der Waals surface area contributed by atoms with E-state index in [1.54, 1.807) is 136 Å². The van der Waals surface area contributed by atoms with Gasteiger partial charge in [0, 0.05) is 0 Å². The molecule has 0 aliphatic carbocycles. The van der Waals surface area contributed by atoms with Crippen LogP contribution >= 0.6 is 136 Å². The maximum atomic E-state index is 12.8. The molecule has 0 saturated heterocycles. The molecule has 0 aromatic heterocycles. The van der Waals surface area contributed by atoms with Gasteiger partial charge >= 0.3 is 6.18 Å². The molecule has 1 N–H and O–H groups in total. The lowest BCUT2D eigenvalue weighted by Crippen LogP contribution is -2.62. The van der Waals surface area contributed by atoms with E-state index in [4.69, 9.17) is 0 Å². The molecular weight excluding hydrogens is 882 g/mol. The Hall–Kier alpha value is 4.13. The summed E-state index contributed by atoms with van der Waals surface area (Å²) >= 11 is 9.57. The molecule has 0 heterocycles. The minimum absolute atomic E-state index is 1.36. The highest BCUT2D eigenvalue weighted by molar-refractivity contribution is 14.3. The molecule has 0 rings (SSSR count). The van der Waals surface area contributed by atoms with Gasteiger partial charge in [-0.2, -0.15) is 13.2 Å². The second kappa shape index (κ2) is 5.63. The standard InChI is InChI=1S/C4HF3I6O/c5-2(6,7)1(14,3(8,9)10)4(11,12)13/h14H. The summed E-state index contributed by atoms with van der Waals surface area (Å²) in [4.78, 5) is 0. The second-order valence-electron chi connectivity index (χ2n) is 2.20. The molecule has 14 heavy (non-hydrogen) atoms. The molecule has 86 valence electrons. The van der Waals surface area contributed by atoms with Crippen LogP contribution in [0.1, 0.15) is 0 Å². The summed E-state index contributed by atoms with van der Waals surface area (Å²) in [6.07, 6.45) is -4.67. The van der Waals surface area contributed by atoms with Crippen LogP contribution in [0, 0.1) is 0 Å². The Balaban J connectivity index is 5.54. The number of hydrogen-bond acceptors (Lipinski definition) is 1. The Labute approximate surface area is 161 Å². The topological polar surface area (TPSA) is 20.2 Å². The monoisotopic (exact) mass is 883 g/mol. The zero-order chi connectivity index (χ0) is 12.0. The maximum Gasteiger partial charge on any atom is 0.423 e. The zero-order valence-electron chi connectivity index (χ0n) is 5.85. The summed E-state index contributed by atoms with van der Waals surface area (Å²) in [6, 6.07) is 0. The first kappa shape index (κ1) is 18.1. The van der Waals surface area contributed by atoms with Crippen molar-refractivity contribution in [3.8, 4) is 0 Å². The normalized spacial score (nSPS) is 15.9. The molecule has 0 unspecified atom stereocenters. The lowest BCUT2D eigenvalue weighted by atomic mass is 10.1. The number of alkyl halides is 9. The summed E-state index contributed by atoms with van der Waals surface area (Å²) in [5.41, 5.74) is -2.77. The zero-order valence-corrected chi connectivity index (χ0v) is 18.8. The van der Waals surface area contributed by atoms with Crippen LogP contribution in [0.3, 0.4) is 0 Å². The van der Waals surface area contributed by atoms with Crippen LogP contribution in [0.15, 0.2) is 0 Å². The van der Waals surface area contributed by atoms with E-state index in [0.717, 1.165) is 0 Å². The van der Waals surface area contributed by atoms with Crippen molar-refractivity contribution in [3.63, 3.8) is 0 Å². The SMILES string of the molecule is OC(C(F)(F)F)(C(I)(I)I)C(I)(I)I. The first-order valence-electron chi connectivity index (χ1n) is 2.67. The van der Waals surface area contributed by atoms with Crippen LogP contribution in [0.25, 0.3) is 0 Å². The molecular formula is C4HF3I6O. The average Bonchev–Trinajstić information content (AvgIpc) is 1.77. The van der Waals surface area contributed by atoms with Gasteiger partial charge in [-0.3, -0.25) is 0 Å². The number of rotatable bonds is 2. The molecule has 0 aliphatic rings. The Morgan fingerprint density at radius 3 is 0.929 bits per heavy atom. The van der Waals surface area contributed by atoms with Gasteiger partial charge in [-0.15, -0.1) is 0 Å². The average molecular weight is 883 g/mol. The van der Waals surface area contributed by atoms with E-state index >= 15 is 0 Å². The second-order valence-corrected chi connectivity index (χ2v) is 24.3. The Bertz CT molecular complexity index is 179. The van der Waals surface area contributed by atoms with Gasteiger partial charge in [0.05, 0.1) is 0 Å². The summed E-state index contributed by atoms with van der Waals surface area (Å²) in [5, 5.41) is 9.85. The van der Waals surface area contributed by atoms with Crippen molar-refractivity contribution < 1.29 is 18.3 Å². The Morgan fingerprint density at radius 2 is 0.929 bits per heavy atom. The molecule has 0 saturated carbocycles. The molecule has 0 bridgehead atoms. The highest BCUT2D eigenvalue weighted by atomic mass is 127. The van der Waals surface area contributed by atoms with E-state index in [0.29, 0.717) is 0 Å². The van der Waals surface area contributed by atoms with Gasteiger partial charge in [-0.05, 0) is 0 Å². The summed E-state index contributed by atoms with van der Waals surface area (Å²) in [5.74, 6) is 0. The summed E-state index contributed by atoms with van der Waals surface area (Å²) < 4.78 is 35.7.